The summed E-state index contributed by atoms with van der Waals surface area (Å²) < 4.78 is 5.24. The van der Waals surface area contributed by atoms with Crippen LogP contribution >= 0.6 is 11.8 Å². The molecule has 0 bridgehead atoms. The van der Waals surface area contributed by atoms with Gasteiger partial charge in [0.2, 0.25) is 0 Å². The summed E-state index contributed by atoms with van der Waals surface area (Å²) in [6.45, 7) is 5.65. The van der Waals surface area contributed by atoms with E-state index in [0.29, 0.717) is 0 Å². The van der Waals surface area contributed by atoms with Crippen molar-refractivity contribution in [3.8, 4) is 0 Å². The molecule has 1 rings (SSSR count). The van der Waals surface area contributed by atoms with E-state index in [1.807, 2.05) is 18.7 Å². The number of rotatable bonds is 5. The molecule has 0 aromatic carbocycles. The molecular weight excluding hydrogens is 184 g/mol. The molecule has 0 saturated carbocycles. The molecule has 4 heteroatoms. The van der Waals surface area contributed by atoms with Gasteiger partial charge in [-0.3, -0.25) is 4.99 Å². The summed E-state index contributed by atoms with van der Waals surface area (Å²) in [6, 6.07) is 0. The average molecular weight is 202 g/mol. The van der Waals surface area contributed by atoms with Crippen LogP contribution in [0.3, 0.4) is 0 Å². The number of aliphatic imine (C=N–C) groups is 1. The van der Waals surface area contributed by atoms with Gasteiger partial charge in [-0.15, -0.1) is 0 Å². The molecule has 0 saturated heterocycles. The van der Waals surface area contributed by atoms with Crippen LogP contribution in [0.1, 0.15) is 19.8 Å². The second kappa shape index (κ2) is 7.21. The van der Waals surface area contributed by atoms with Gasteiger partial charge in [0.05, 0.1) is 0 Å². The van der Waals surface area contributed by atoms with Crippen molar-refractivity contribution in [2.45, 2.75) is 19.8 Å². The highest BCUT2D eigenvalue weighted by Gasteiger charge is 2.03. The predicted octanol–water partition coefficient (Wildman–Crippen LogP) is 1.50. The summed E-state index contributed by atoms with van der Waals surface area (Å²) >= 11 is 1.83. The van der Waals surface area contributed by atoms with Crippen LogP contribution in [0.5, 0.6) is 0 Å². The number of hydrogen-bond acceptors (Lipinski definition) is 4. The maximum atomic E-state index is 5.24. The topological polar surface area (TPSA) is 33.6 Å². The van der Waals surface area contributed by atoms with Gasteiger partial charge in [0.15, 0.2) is 5.17 Å². The predicted molar refractivity (Wildman–Crippen MR) is 58.5 cm³/mol. The maximum Gasteiger partial charge on any atom is 0.156 e. The Labute approximate surface area is 84.3 Å². The molecule has 1 aliphatic heterocycles. The third-order valence-corrected chi connectivity index (χ3v) is 2.78. The lowest BCUT2D eigenvalue weighted by Crippen LogP contribution is -2.25. The fourth-order valence-electron chi connectivity index (χ4n) is 1.08. The van der Waals surface area contributed by atoms with Crippen molar-refractivity contribution in [3.63, 3.8) is 0 Å². The summed E-state index contributed by atoms with van der Waals surface area (Å²) in [5.74, 6) is 1.21. The van der Waals surface area contributed by atoms with Gasteiger partial charge < -0.3 is 10.1 Å². The molecule has 0 amide bonds. The van der Waals surface area contributed by atoms with Crippen LogP contribution in [0.2, 0.25) is 0 Å². The van der Waals surface area contributed by atoms with Crippen molar-refractivity contribution >= 4 is 16.9 Å². The minimum atomic E-state index is 0.815. The lowest BCUT2D eigenvalue weighted by Gasteiger charge is -2.12. The van der Waals surface area contributed by atoms with Gasteiger partial charge in [0, 0.05) is 32.1 Å². The van der Waals surface area contributed by atoms with Crippen LogP contribution in [0.15, 0.2) is 4.99 Å². The van der Waals surface area contributed by atoms with Gasteiger partial charge in [0.25, 0.3) is 0 Å². The molecule has 1 heterocycles. The Kier molecular flexibility index (Phi) is 6.02. The highest BCUT2D eigenvalue weighted by atomic mass is 32.2. The van der Waals surface area contributed by atoms with Crippen LogP contribution in [-0.2, 0) is 4.74 Å². The highest BCUT2D eigenvalue weighted by Crippen LogP contribution is 2.09. The van der Waals surface area contributed by atoms with Gasteiger partial charge in [-0.05, 0) is 19.8 Å². The van der Waals surface area contributed by atoms with E-state index in [1.165, 1.54) is 12.2 Å². The highest BCUT2D eigenvalue weighted by molar-refractivity contribution is 8.13. The molecule has 0 aliphatic carbocycles. The monoisotopic (exact) mass is 202 g/mol. The molecular formula is C9H18N2OS. The van der Waals surface area contributed by atoms with Crippen LogP contribution in [0, 0.1) is 0 Å². The van der Waals surface area contributed by atoms with Crippen molar-refractivity contribution in [3.05, 3.63) is 0 Å². The van der Waals surface area contributed by atoms with E-state index in [0.717, 1.165) is 37.9 Å². The fourth-order valence-corrected chi connectivity index (χ4v) is 1.93. The van der Waals surface area contributed by atoms with Gasteiger partial charge in [0.1, 0.15) is 0 Å². The summed E-state index contributed by atoms with van der Waals surface area (Å²) in [4.78, 5) is 4.37. The Morgan fingerprint density at radius 1 is 1.62 bits per heavy atom. The number of thioether (sulfide) groups is 1. The Bertz CT molecular complexity index is 162. The second-order valence-corrected chi connectivity index (χ2v) is 3.95. The number of nitrogens with zero attached hydrogens (tertiary/aromatic N) is 1. The van der Waals surface area contributed by atoms with Crippen molar-refractivity contribution < 1.29 is 4.74 Å². The molecule has 0 aromatic heterocycles. The molecule has 0 aromatic rings. The molecule has 1 aliphatic rings. The minimum Gasteiger partial charge on any atom is -0.382 e. The lowest BCUT2D eigenvalue weighted by atomic mass is 10.4. The number of amidine groups is 1. The van der Waals surface area contributed by atoms with E-state index in [2.05, 4.69) is 10.3 Å². The van der Waals surface area contributed by atoms with E-state index in [9.17, 15) is 0 Å². The number of nitrogens with one attached hydrogen (secondary N) is 1. The molecule has 0 fully saturated rings. The van der Waals surface area contributed by atoms with Crippen molar-refractivity contribution in [1.29, 1.82) is 0 Å². The minimum absolute atomic E-state index is 0.815. The first kappa shape index (κ1) is 10.9. The van der Waals surface area contributed by atoms with Gasteiger partial charge >= 0.3 is 0 Å². The van der Waals surface area contributed by atoms with Gasteiger partial charge in [-0.25, -0.2) is 0 Å². The van der Waals surface area contributed by atoms with E-state index in [-0.39, 0.29) is 0 Å². The van der Waals surface area contributed by atoms with Crippen molar-refractivity contribution in [1.82, 2.24) is 5.32 Å². The number of hydrogen-bond donors (Lipinski definition) is 1. The summed E-state index contributed by atoms with van der Waals surface area (Å²) in [5.41, 5.74) is 0. The Morgan fingerprint density at radius 3 is 3.23 bits per heavy atom. The second-order valence-electron chi connectivity index (χ2n) is 2.87. The third-order valence-electron chi connectivity index (χ3n) is 1.74. The molecule has 0 atom stereocenters. The molecule has 0 radical (unpaired) electrons. The normalized spacial score (nSPS) is 16.8. The zero-order valence-corrected chi connectivity index (χ0v) is 9.03. The standard InChI is InChI=1S/C9H18N2OS/c1-2-12-7-3-5-10-9-11-6-4-8-13-9/h2-8H2,1H3,(H,10,11). The molecule has 0 spiro atoms. The summed E-state index contributed by atoms with van der Waals surface area (Å²) in [7, 11) is 0. The van der Waals surface area contributed by atoms with E-state index in [4.69, 9.17) is 4.74 Å². The van der Waals surface area contributed by atoms with Crippen molar-refractivity contribution in [2.75, 3.05) is 32.1 Å². The van der Waals surface area contributed by atoms with E-state index < -0.39 is 0 Å². The fraction of sp³-hybridized carbons (Fsp3) is 0.889. The summed E-state index contributed by atoms with van der Waals surface area (Å²) in [5, 5.41) is 4.43. The Balaban J connectivity index is 1.95. The number of ether oxygens (including phenoxy) is 1. The van der Waals surface area contributed by atoms with Crippen LogP contribution in [-0.4, -0.2) is 37.2 Å². The van der Waals surface area contributed by atoms with Crippen LogP contribution in [0.4, 0.5) is 0 Å². The first-order chi connectivity index (χ1) is 6.43. The molecule has 76 valence electrons. The molecule has 1 N–H and O–H groups in total. The largest absolute Gasteiger partial charge is 0.382 e. The Hall–Kier alpha value is -0.220. The first-order valence-electron chi connectivity index (χ1n) is 4.92. The van der Waals surface area contributed by atoms with Gasteiger partial charge in [-0.2, -0.15) is 0 Å². The maximum absolute atomic E-state index is 5.24. The Morgan fingerprint density at radius 2 is 2.54 bits per heavy atom. The van der Waals surface area contributed by atoms with E-state index >= 15 is 0 Å². The molecule has 3 nitrogen and oxygen atoms in total. The van der Waals surface area contributed by atoms with E-state index in [1.54, 1.807) is 0 Å². The first-order valence-corrected chi connectivity index (χ1v) is 5.91. The van der Waals surface area contributed by atoms with Crippen LogP contribution in [0.25, 0.3) is 0 Å². The lowest BCUT2D eigenvalue weighted by molar-refractivity contribution is 0.146. The van der Waals surface area contributed by atoms with Crippen molar-refractivity contribution in [2.24, 2.45) is 4.99 Å². The zero-order chi connectivity index (χ0) is 9.36. The molecule has 13 heavy (non-hydrogen) atoms. The average Bonchev–Trinajstić information content (AvgIpc) is 2.19. The van der Waals surface area contributed by atoms with Crippen LogP contribution < -0.4 is 5.32 Å². The summed E-state index contributed by atoms with van der Waals surface area (Å²) in [6.07, 6.45) is 2.28. The molecule has 0 unspecified atom stereocenters. The SMILES string of the molecule is CCOCCCNC1=NCCCS1. The smallest absolute Gasteiger partial charge is 0.156 e. The third kappa shape index (κ3) is 5.16. The quantitative estimate of drug-likeness (QED) is 0.686. The van der Waals surface area contributed by atoms with Gasteiger partial charge in [-0.1, -0.05) is 11.8 Å². The zero-order valence-electron chi connectivity index (χ0n) is 8.21.